The van der Waals surface area contributed by atoms with Gasteiger partial charge in [-0.05, 0) is 29.8 Å². The van der Waals surface area contributed by atoms with E-state index < -0.39 is 10.9 Å². The number of hydrogen-bond acceptors (Lipinski definition) is 6. The number of para-hydroxylation sites is 1. The van der Waals surface area contributed by atoms with Crippen molar-refractivity contribution in [1.82, 2.24) is 0 Å². The maximum absolute atomic E-state index is 12.2. The van der Waals surface area contributed by atoms with Crippen molar-refractivity contribution in [3.05, 3.63) is 75.5 Å². The predicted octanol–water partition coefficient (Wildman–Crippen LogP) is 3.37. The van der Waals surface area contributed by atoms with Crippen LogP contribution in [-0.4, -0.2) is 42.3 Å². The third kappa shape index (κ3) is 3.70. The van der Waals surface area contributed by atoms with E-state index in [0.29, 0.717) is 32.0 Å². The van der Waals surface area contributed by atoms with Crippen LogP contribution in [0.2, 0.25) is 0 Å². The van der Waals surface area contributed by atoms with Crippen molar-refractivity contribution in [3.63, 3.8) is 0 Å². The van der Waals surface area contributed by atoms with E-state index in [2.05, 4.69) is 5.32 Å². The molecule has 2 heterocycles. The van der Waals surface area contributed by atoms with E-state index in [1.165, 1.54) is 6.07 Å². The second kappa shape index (κ2) is 7.76. The number of nitro benzene ring substituents is 1. The number of rotatable bonds is 4. The molecule has 0 unspecified atom stereocenters. The molecule has 0 radical (unpaired) electrons. The number of carboxylic acid groups (broad SMARTS) is 1. The van der Waals surface area contributed by atoms with Gasteiger partial charge >= 0.3 is 5.97 Å². The van der Waals surface area contributed by atoms with Gasteiger partial charge in [-0.15, -0.1) is 0 Å². The molecule has 2 aromatic carbocycles. The third-order valence-electron chi connectivity index (χ3n) is 4.97. The number of carbonyl (C=O) groups is 1. The van der Waals surface area contributed by atoms with Crippen LogP contribution in [0.25, 0.3) is 11.6 Å². The van der Waals surface area contributed by atoms with Crippen LogP contribution in [0.15, 0.2) is 54.2 Å². The molecule has 0 bridgehead atoms. The molecule has 8 nitrogen and oxygen atoms in total. The normalized spacial score (nSPS) is 17.3. The number of ether oxygens (including phenoxy) is 1. The Hall–Kier alpha value is -3.65. The zero-order valence-corrected chi connectivity index (χ0v) is 15.5. The second-order valence-electron chi connectivity index (χ2n) is 6.70. The summed E-state index contributed by atoms with van der Waals surface area (Å²) >= 11 is 0. The highest BCUT2D eigenvalue weighted by Crippen LogP contribution is 2.35. The van der Waals surface area contributed by atoms with Gasteiger partial charge in [-0.25, -0.2) is 4.79 Å². The minimum atomic E-state index is -1.24. The van der Waals surface area contributed by atoms with Crippen LogP contribution in [0, 0.1) is 10.1 Å². The number of nitrogens with one attached hydrogen (secondary N) is 1. The van der Waals surface area contributed by atoms with Gasteiger partial charge in [0.25, 0.3) is 5.69 Å². The lowest BCUT2D eigenvalue weighted by Gasteiger charge is -2.29. The highest BCUT2D eigenvalue weighted by molar-refractivity contribution is 6.19. The lowest BCUT2D eigenvalue weighted by Crippen LogP contribution is -2.36. The molecule has 0 aliphatic carbocycles. The van der Waals surface area contributed by atoms with Crippen molar-refractivity contribution < 1.29 is 19.6 Å². The molecule has 148 valence electrons. The van der Waals surface area contributed by atoms with Gasteiger partial charge in [0.05, 0.1) is 35.0 Å². The average molecular weight is 393 g/mol. The van der Waals surface area contributed by atoms with Crippen LogP contribution in [0.5, 0.6) is 0 Å². The maximum atomic E-state index is 12.2. The summed E-state index contributed by atoms with van der Waals surface area (Å²) in [5.41, 5.74) is 2.37. The summed E-state index contributed by atoms with van der Waals surface area (Å²) < 4.78 is 5.36. The van der Waals surface area contributed by atoms with E-state index in [0.717, 1.165) is 16.9 Å². The van der Waals surface area contributed by atoms with E-state index in [1.807, 2.05) is 29.2 Å². The van der Waals surface area contributed by atoms with Crippen LogP contribution in [0.4, 0.5) is 17.1 Å². The van der Waals surface area contributed by atoms with E-state index in [9.17, 15) is 20.0 Å². The fourth-order valence-corrected chi connectivity index (χ4v) is 3.54. The second-order valence-corrected chi connectivity index (χ2v) is 6.70. The fraction of sp³-hybridized carbons (Fsp3) is 0.190. The first-order valence-corrected chi connectivity index (χ1v) is 9.18. The van der Waals surface area contributed by atoms with E-state index in [4.69, 9.17) is 4.74 Å². The molecule has 0 spiro atoms. The Kier molecular flexibility index (Phi) is 5.01. The molecular formula is C21H19N3O5. The summed E-state index contributed by atoms with van der Waals surface area (Å²) in [6.07, 6.45) is 3.43. The third-order valence-corrected chi connectivity index (χ3v) is 4.97. The van der Waals surface area contributed by atoms with Gasteiger partial charge in [0.2, 0.25) is 0 Å². The average Bonchev–Trinajstić information content (AvgIpc) is 2.74. The maximum Gasteiger partial charge on any atom is 0.338 e. The number of aliphatic carboxylic acids is 1. The van der Waals surface area contributed by atoms with Crippen molar-refractivity contribution >= 4 is 34.7 Å². The van der Waals surface area contributed by atoms with Crippen LogP contribution in [0.3, 0.4) is 0 Å². The minimum absolute atomic E-state index is 0.0676. The Bertz CT molecular complexity index is 1040. The molecule has 0 amide bonds. The van der Waals surface area contributed by atoms with Gasteiger partial charge in [0.1, 0.15) is 0 Å². The monoisotopic (exact) mass is 393 g/mol. The SMILES string of the molecule is O=C(O)/C(=C1/C=Cc2ccccc2N1)c1cc(N2CCOCC2)ccc1[N+](=O)[O-]. The Morgan fingerprint density at radius 3 is 2.62 bits per heavy atom. The summed E-state index contributed by atoms with van der Waals surface area (Å²) in [5.74, 6) is -1.24. The summed E-state index contributed by atoms with van der Waals surface area (Å²) in [5, 5.41) is 24.7. The molecule has 1 saturated heterocycles. The number of hydrogen-bond donors (Lipinski definition) is 2. The molecule has 0 atom stereocenters. The molecule has 2 aliphatic heterocycles. The summed E-state index contributed by atoms with van der Waals surface area (Å²) in [6, 6.07) is 12.0. The van der Waals surface area contributed by atoms with Gasteiger partial charge in [-0.3, -0.25) is 10.1 Å². The molecule has 29 heavy (non-hydrogen) atoms. The topological polar surface area (TPSA) is 105 Å². The lowest BCUT2D eigenvalue weighted by atomic mass is 9.97. The van der Waals surface area contributed by atoms with Gasteiger partial charge in [-0.2, -0.15) is 0 Å². The quantitative estimate of drug-likeness (QED) is 0.466. The van der Waals surface area contributed by atoms with Gasteiger partial charge in [0, 0.05) is 30.5 Å². The van der Waals surface area contributed by atoms with Gasteiger partial charge in [0.15, 0.2) is 0 Å². The zero-order valence-electron chi connectivity index (χ0n) is 15.5. The fourth-order valence-electron chi connectivity index (χ4n) is 3.54. The minimum Gasteiger partial charge on any atom is -0.478 e. The van der Waals surface area contributed by atoms with Crippen molar-refractivity contribution in [2.24, 2.45) is 0 Å². The van der Waals surface area contributed by atoms with Crippen molar-refractivity contribution in [3.8, 4) is 0 Å². The molecule has 8 heteroatoms. The van der Waals surface area contributed by atoms with Crippen molar-refractivity contribution in [2.45, 2.75) is 0 Å². The van der Waals surface area contributed by atoms with Crippen molar-refractivity contribution in [1.29, 1.82) is 0 Å². The smallest absolute Gasteiger partial charge is 0.338 e. The van der Waals surface area contributed by atoms with Crippen LogP contribution < -0.4 is 10.2 Å². The summed E-state index contributed by atoms with van der Waals surface area (Å²) in [4.78, 5) is 25.3. The Balaban J connectivity index is 1.85. The standard InChI is InChI=1S/C21H19N3O5/c25-21(26)20(18-7-5-14-3-1-2-4-17(14)22-18)16-13-15(6-8-19(16)24(27)28)23-9-11-29-12-10-23/h1-8,13,22H,9-12H2,(H,25,26)/b20-18-. The predicted molar refractivity (Wildman–Crippen MR) is 110 cm³/mol. The Labute approximate surface area is 166 Å². The first-order chi connectivity index (χ1) is 14.0. The van der Waals surface area contributed by atoms with E-state index in [1.54, 1.807) is 24.3 Å². The number of morpholine rings is 1. The van der Waals surface area contributed by atoms with Gasteiger partial charge in [-0.1, -0.05) is 24.3 Å². The van der Waals surface area contributed by atoms with Crippen LogP contribution >= 0.6 is 0 Å². The van der Waals surface area contributed by atoms with Gasteiger partial charge < -0.3 is 20.1 Å². The Morgan fingerprint density at radius 1 is 1.14 bits per heavy atom. The molecule has 0 saturated carbocycles. The largest absolute Gasteiger partial charge is 0.478 e. The van der Waals surface area contributed by atoms with E-state index >= 15 is 0 Å². The number of allylic oxidation sites excluding steroid dienone is 1. The number of carboxylic acids is 1. The zero-order chi connectivity index (χ0) is 20.4. The molecule has 4 rings (SSSR count). The number of nitro groups is 1. The number of anilines is 2. The number of fused-ring (bicyclic) bond motifs is 1. The van der Waals surface area contributed by atoms with Crippen molar-refractivity contribution in [2.75, 3.05) is 36.5 Å². The first kappa shape index (κ1) is 18.7. The van der Waals surface area contributed by atoms with Crippen LogP contribution in [0.1, 0.15) is 11.1 Å². The van der Waals surface area contributed by atoms with Crippen LogP contribution in [-0.2, 0) is 9.53 Å². The number of benzene rings is 2. The molecule has 1 fully saturated rings. The summed E-state index contributed by atoms with van der Waals surface area (Å²) in [7, 11) is 0. The Morgan fingerprint density at radius 2 is 1.90 bits per heavy atom. The molecule has 2 N–H and O–H groups in total. The highest BCUT2D eigenvalue weighted by Gasteiger charge is 2.27. The molecule has 2 aliphatic rings. The first-order valence-electron chi connectivity index (χ1n) is 9.18. The number of nitrogens with zero attached hydrogens (tertiary/aromatic N) is 2. The molecule has 2 aromatic rings. The molecule has 0 aromatic heterocycles. The van der Waals surface area contributed by atoms with E-state index in [-0.39, 0.29) is 16.8 Å². The molecular weight excluding hydrogens is 374 g/mol. The highest BCUT2D eigenvalue weighted by atomic mass is 16.6. The lowest BCUT2D eigenvalue weighted by molar-refractivity contribution is -0.385. The summed E-state index contributed by atoms with van der Waals surface area (Å²) in [6.45, 7) is 2.39.